The minimum absolute atomic E-state index is 0.0244. The first-order valence-corrected chi connectivity index (χ1v) is 8.31. The maximum atomic E-state index is 12.2. The van der Waals surface area contributed by atoms with Crippen LogP contribution in [-0.4, -0.2) is 31.5 Å². The van der Waals surface area contributed by atoms with Gasteiger partial charge in [-0.25, -0.2) is 0 Å². The zero-order valence-corrected chi connectivity index (χ0v) is 14.1. The summed E-state index contributed by atoms with van der Waals surface area (Å²) in [5.41, 5.74) is 3.29. The van der Waals surface area contributed by atoms with Crippen molar-refractivity contribution < 1.29 is 19.6 Å². The Morgan fingerprint density at radius 2 is 1.96 bits per heavy atom. The van der Waals surface area contributed by atoms with E-state index in [-0.39, 0.29) is 11.8 Å². The molecule has 2 rings (SSSR count). The number of aliphatic carboxylic acids is 1. The van der Waals surface area contributed by atoms with Crippen molar-refractivity contribution in [1.29, 1.82) is 0 Å². The molecule has 0 bridgehead atoms. The van der Waals surface area contributed by atoms with E-state index in [0.29, 0.717) is 38.4 Å². The molecule has 0 radical (unpaired) electrons. The topological polar surface area (TPSA) is 73.7 Å². The van der Waals surface area contributed by atoms with Gasteiger partial charge in [-0.1, -0.05) is 19.9 Å². The van der Waals surface area contributed by atoms with Crippen molar-refractivity contribution in [2.24, 2.45) is 5.92 Å². The van der Waals surface area contributed by atoms with Crippen molar-refractivity contribution in [3.05, 3.63) is 29.3 Å². The van der Waals surface area contributed by atoms with Gasteiger partial charge in [-0.2, -0.15) is 0 Å². The van der Waals surface area contributed by atoms with Crippen LogP contribution in [0, 0.1) is 12.8 Å². The second-order valence-corrected chi connectivity index (χ2v) is 6.79. The summed E-state index contributed by atoms with van der Waals surface area (Å²) in [6, 6.07) is 6.01. The van der Waals surface area contributed by atoms with E-state index < -0.39 is 5.97 Å². The number of aryl methyl sites for hydroxylation is 1. The van der Waals surface area contributed by atoms with Crippen LogP contribution < -0.4 is 15.3 Å². The first-order chi connectivity index (χ1) is 10.9. The van der Waals surface area contributed by atoms with E-state index in [1.807, 2.05) is 12.1 Å². The minimum atomic E-state index is -0.964. The fourth-order valence-electron chi connectivity index (χ4n) is 3.27. The highest BCUT2D eigenvalue weighted by Crippen LogP contribution is 2.22. The van der Waals surface area contributed by atoms with Gasteiger partial charge < -0.3 is 20.1 Å². The molecule has 1 amide bonds. The van der Waals surface area contributed by atoms with E-state index in [9.17, 15) is 14.7 Å². The van der Waals surface area contributed by atoms with Crippen molar-refractivity contribution in [3.63, 3.8) is 0 Å². The number of nitrogens with one attached hydrogen (secondary N) is 2. The number of carbonyl (C=O) groups is 2. The van der Waals surface area contributed by atoms with E-state index in [1.54, 1.807) is 0 Å². The molecule has 5 heteroatoms. The van der Waals surface area contributed by atoms with E-state index >= 15 is 0 Å². The second kappa shape index (κ2) is 7.59. The summed E-state index contributed by atoms with van der Waals surface area (Å²) in [4.78, 5) is 24.1. The van der Waals surface area contributed by atoms with Gasteiger partial charge in [0.1, 0.15) is 0 Å². The number of hydrogen-bond acceptors (Lipinski definition) is 3. The molecule has 0 aliphatic carbocycles. The summed E-state index contributed by atoms with van der Waals surface area (Å²) in [6.07, 6.45) is 1.18. The van der Waals surface area contributed by atoms with E-state index in [1.165, 1.54) is 11.1 Å². The Bertz CT molecular complexity index is 576. The molecular weight excluding hydrogens is 292 g/mol. The van der Waals surface area contributed by atoms with E-state index in [2.05, 4.69) is 32.2 Å². The molecule has 2 N–H and O–H groups in total. The van der Waals surface area contributed by atoms with Crippen LogP contribution in [0.25, 0.3) is 0 Å². The lowest BCUT2D eigenvalue weighted by atomic mass is 9.97. The van der Waals surface area contributed by atoms with Crippen LogP contribution in [0.15, 0.2) is 18.2 Å². The van der Waals surface area contributed by atoms with Crippen LogP contribution in [-0.2, 0) is 9.59 Å². The van der Waals surface area contributed by atoms with Crippen LogP contribution in [0.1, 0.15) is 43.7 Å². The van der Waals surface area contributed by atoms with Gasteiger partial charge in [0, 0.05) is 30.4 Å². The van der Waals surface area contributed by atoms with Crippen LogP contribution in [0.2, 0.25) is 0 Å². The van der Waals surface area contributed by atoms with Gasteiger partial charge in [0.15, 0.2) is 6.54 Å². The Morgan fingerprint density at radius 1 is 1.30 bits per heavy atom. The van der Waals surface area contributed by atoms with E-state index in [0.717, 1.165) is 10.6 Å². The number of carboxylic acids is 1. The molecule has 1 aliphatic rings. The van der Waals surface area contributed by atoms with Crippen LogP contribution in [0.5, 0.6) is 0 Å². The molecule has 1 aliphatic heterocycles. The molecule has 23 heavy (non-hydrogen) atoms. The summed E-state index contributed by atoms with van der Waals surface area (Å²) in [7, 11) is 0. The fraction of sp³-hybridized carbons (Fsp3) is 0.556. The fourth-order valence-corrected chi connectivity index (χ4v) is 3.27. The molecular formula is C18H26N2O3. The second-order valence-electron chi connectivity index (χ2n) is 6.79. The summed E-state index contributed by atoms with van der Waals surface area (Å²) in [5.74, 6) is -0.875. The molecule has 126 valence electrons. The number of piperidine rings is 1. The summed E-state index contributed by atoms with van der Waals surface area (Å²) in [6.45, 7) is 8.15. The van der Waals surface area contributed by atoms with Gasteiger partial charge in [-0.15, -0.1) is 0 Å². The Balaban J connectivity index is 1.86. The van der Waals surface area contributed by atoms with Gasteiger partial charge in [0.25, 0.3) is 5.91 Å². The summed E-state index contributed by atoms with van der Waals surface area (Å²) < 4.78 is 0. The average Bonchev–Trinajstić information content (AvgIpc) is 2.47. The predicted molar refractivity (Wildman–Crippen MR) is 87.2 cm³/mol. The molecule has 0 unspecified atom stereocenters. The van der Waals surface area contributed by atoms with Crippen LogP contribution in [0.4, 0.5) is 5.69 Å². The summed E-state index contributed by atoms with van der Waals surface area (Å²) in [5, 5.41) is 13.8. The normalized spacial score (nSPS) is 21.2. The Kier molecular flexibility index (Phi) is 5.77. The Labute approximate surface area is 137 Å². The van der Waals surface area contributed by atoms with Crippen molar-refractivity contribution >= 4 is 17.6 Å². The van der Waals surface area contributed by atoms with Crippen molar-refractivity contribution in [1.82, 2.24) is 0 Å². The standard InChI is InChI=1S/C18H26N2O3/c1-12(2)16-5-4-15(10-13(16)3)19-17(21)11-20-8-6-14(7-9-20)18(22)23/h4-5,10,12,14H,6-9,11H2,1-3H3,(H,19,21)(H,22,23). The molecule has 5 nitrogen and oxygen atoms in total. The third-order valence-corrected chi connectivity index (χ3v) is 4.61. The molecule has 0 saturated carbocycles. The number of hydrogen-bond donors (Lipinski definition) is 2. The number of carbonyl (C=O) groups excluding carboxylic acids is 2. The first-order valence-electron chi connectivity index (χ1n) is 8.31. The smallest absolute Gasteiger partial charge is 0.279 e. The lowest BCUT2D eigenvalue weighted by Crippen LogP contribution is -3.14. The molecule has 0 atom stereocenters. The lowest BCUT2D eigenvalue weighted by Gasteiger charge is -2.29. The van der Waals surface area contributed by atoms with Gasteiger partial charge >= 0.3 is 0 Å². The predicted octanol–water partition coefficient (Wildman–Crippen LogP) is 0.102. The van der Waals surface area contributed by atoms with Crippen LogP contribution >= 0.6 is 0 Å². The quantitative estimate of drug-likeness (QED) is 0.809. The third kappa shape index (κ3) is 4.79. The van der Waals surface area contributed by atoms with Gasteiger partial charge in [-0.05, 0) is 36.1 Å². The number of likely N-dealkylation sites (tertiary alicyclic amines) is 1. The zero-order chi connectivity index (χ0) is 17.0. The molecule has 1 fully saturated rings. The zero-order valence-electron chi connectivity index (χ0n) is 14.1. The third-order valence-electron chi connectivity index (χ3n) is 4.61. The molecule has 1 saturated heterocycles. The van der Waals surface area contributed by atoms with Crippen molar-refractivity contribution in [2.75, 3.05) is 25.0 Å². The monoisotopic (exact) mass is 318 g/mol. The van der Waals surface area contributed by atoms with Gasteiger partial charge in [-0.3, -0.25) is 4.79 Å². The van der Waals surface area contributed by atoms with Crippen molar-refractivity contribution in [2.45, 2.75) is 39.5 Å². The van der Waals surface area contributed by atoms with E-state index in [4.69, 9.17) is 0 Å². The average molecular weight is 318 g/mol. The number of quaternary nitrogens is 1. The lowest BCUT2D eigenvalue weighted by molar-refractivity contribution is -0.897. The number of benzene rings is 1. The molecule has 1 heterocycles. The maximum absolute atomic E-state index is 12.2. The highest BCUT2D eigenvalue weighted by Gasteiger charge is 2.24. The molecule has 1 aromatic rings. The Morgan fingerprint density at radius 3 is 2.48 bits per heavy atom. The highest BCUT2D eigenvalue weighted by molar-refractivity contribution is 5.91. The summed E-state index contributed by atoms with van der Waals surface area (Å²) >= 11 is 0. The highest BCUT2D eigenvalue weighted by atomic mass is 16.4. The minimum Gasteiger partial charge on any atom is -0.550 e. The maximum Gasteiger partial charge on any atom is 0.279 e. The molecule has 0 aromatic heterocycles. The number of amides is 1. The first kappa shape index (κ1) is 17.5. The van der Waals surface area contributed by atoms with Crippen LogP contribution in [0.3, 0.4) is 0 Å². The number of anilines is 1. The largest absolute Gasteiger partial charge is 0.550 e. The number of rotatable bonds is 5. The Hall–Kier alpha value is -1.88. The number of carboxylic acid groups (broad SMARTS) is 1. The molecule has 0 spiro atoms. The van der Waals surface area contributed by atoms with Crippen molar-refractivity contribution in [3.8, 4) is 0 Å². The van der Waals surface area contributed by atoms with Gasteiger partial charge in [0.05, 0.1) is 13.1 Å². The molecule has 1 aromatic carbocycles. The van der Waals surface area contributed by atoms with Gasteiger partial charge in [0.2, 0.25) is 0 Å². The SMILES string of the molecule is Cc1cc(NC(=O)C[NH+]2CCC(C(=O)[O-])CC2)ccc1C(C)C.